The summed E-state index contributed by atoms with van der Waals surface area (Å²) in [6.45, 7) is 0. The zero-order valence-corrected chi connectivity index (χ0v) is 11.4. The van der Waals surface area contributed by atoms with E-state index in [1.807, 2.05) is 18.3 Å². The van der Waals surface area contributed by atoms with Crippen LogP contribution in [0.5, 0.6) is 11.5 Å². The minimum atomic E-state index is 0.843. The van der Waals surface area contributed by atoms with Gasteiger partial charge in [0.25, 0.3) is 0 Å². The molecule has 0 atom stereocenters. The number of ether oxygens (including phenoxy) is 2. The van der Waals surface area contributed by atoms with Crippen LogP contribution in [-0.4, -0.2) is 19.2 Å². The summed E-state index contributed by atoms with van der Waals surface area (Å²) in [5, 5.41) is 0. The quantitative estimate of drug-likeness (QED) is 0.796. The molecule has 0 aliphatic heterocycles. The highest BCUT2D eigenvalue weighted by Gasteiger charge is 2.02. The van der Waals surface area contributed by atoms with E-state index in [0.29, 0.717) is 0 Å². The molecule has 0 unspecified atom stereocenters. The van der Waals surface area contributed by atoms with Crippen molar-refractivity contribution in [2.75, 3.05) is 14.2 Å². The molecule has 0 aliphatic carbocycles. The summed E-state index contributed by atoms with van der Waals surface area (Å²) in [5.41, 5.74) is 2.51. The Morgan fingerprint density at radius 2 is 1.63 bits per heavy atom. The van der Waals surface area contributed by atoms with Crippen molar-refractivity contribution in [3.63, 3.8) is 0 Å². The average molecular weight is 257 g/mol. The van der Waals surface area contributed by atoms with Gasteiger partial charge in [-0.05, 0) is 48.6 Å². The molecule has 3 heteroatoms. The van der Waals surface area contributed by atoms with Crippen LogP contribution >= 0.6 is 0 Å². The normalized spacial score (nSPS) is 10.2. The smallest absolute Gasteiger partial charge is 0.122 e. The summed E-state index contributed by atoms with van der Waals surface area (Å²) in [6.07, 6.45) is 6.85. The predicted molar refractivity (Wildman–Crippen MR) is 75.8 cm³/mol. The van der Waals surface area contributed by atoms with Crippen molar-refractivity contribution in [1.29, 1.82) is 0 Å². The van der Waals surface area contributed by atoms with Crippen molar-refractivity contribution in [2.45, 2.75) is 19.3 Å². The van der Waals surface area contributed by atoms with Gasteiger partial charge in [-0.15, -0.1) is 0 Å². The first kappa shape index (κ1) is 13.4. The summed E-state index contributed by atoms with van der Waals surface area (Å²) in [5.74, 6) is 1.69. The highest BCUT2D eigenvalue weighted by Crippen LogP contribution is 2.23. The number of rotatable bonds is 6. The molecule has 0 radical (unpaired) electrons. The van der Waals surface area contributed by atoms with Gasteiger partial charge in [-0.25, -0.2) is 0 Å². The van der Waals surface area contributed by atoms with Gasteiger partial charge in [-0.1, -0.05) is 6.07 Å². The van der Waals surface area contributed by atoms with Gasteiger partial charge in [0.1, 0.15) is 11.5 Å². The first-order chi connectivity index (χ1) is 9.31. The molecule has 2 rings (SSSR count). The van der Waals surface area contributed by atoms with Gasteiger partial charge in [-0.3, -0.25) is 4.98 Å². The zero-order chi connectivity index (χ0) is 13.5. The van der Waals surface area contributed by atoms with Gasteiger partial charge < -0.3 is 9.47 Å². The molecule has 0 spiro atoms. The Hall–Kier alpha value is -2.03. The van der Waals surface area contributed by atoms with E-state index in [9.17, 15) is 0 Å². The number of methoxy groups -OCH3 is 2. The molecule has 0 N–H and O–H groups in total. The van der Waals surface area contributed by atoms with Crippen LogP contribution in [-0.2, 0) is 12.8 Å². The molecule has 1 aromatic carbocycles. The third-order valence-corrected chi connectivity index (χ3v) is 3.06. The molecule has 19 heavy (non-hydrogen) atoms. The maximum Gasteiger partial charge on any atom is 0.122 e. The number of nitrogens with zero attached hydrogens (tertiary/aromatic N) is 1. The maximum absolute atomic E-state index is 5.27. The lowest BCUT2D eigenvalue weighted by atomic mass is 10.0. The van der Waals surface area contributed by atoms with Crippen LogP contribution in [0.2, 0.25) is 0 Å². The SMILES string of the molecule is COc1cc(CCCc2cccnc2)cc(OC)c1. The van der Waals surface area contributed by atoms with Crippen molar-refractivity contribution >= 4 is 0 Å². The van der Waals surface area contributed by atoms with Crippen molar-refractivity contribution in [3.05, 3.63) is 53.9 Å². The molecule has 0 saturated carbocycles. The van der Waals surface area contributed by atoms with E-state index in [2.05, 4.69) is 23.2 Å². The Bertz CT molecular complexity index is 489. The number of aryl methyl sites for hydroxylation is 2. The van der Waals surface area contributed by atoms with E-state index in [1.165, 1.54) is 11.1 Å². The van der Waals surface area contributed by atoms with Crippen molar-refractivity contribution in [2.24, 2.45) is 0 Å². The lowest BCUT2D eigenvalue weighted by molar-refractivity contribution is 0.393. The monoisotopic (exact) mass is 257 g/mol. The minimum absolute atomic E-state index is 0.843. The summed E-state index contributed by atoms with van der Waals surface area (Å²) in [7, 11) is 3.35. The molecule has 0 fully saturated rings. The standard InChI is InChI=1S/C16H19NO2/c1-18-15-9-14(10-16(11-15)19-2)6-3-5-13-7-4-8-17-12-13/h4,7-12H,3,5-6H2,1-2H3. The molecular formula is C16H19NO2. The highest BCUT2D eigenvalue weighted by molar-refractivity contribution is 5.38. The van der Waals surface area contributed by atoms with Crippen LogP contribution in [0.1, 0.15) is 17.5 Å². The van der Waals surface area contributed by atoms with Gasteiger partial charge in [0, 0.05) is 18.5 Å². The minimum Gasteiger partial charge on any atom is -0.497 e. The van der Waals surface area contributed by atoms with Gasteiger partial charge in [0.2, 0.25) is 0 Å². The zero-order valence-electron chi connectivity index (χ0n) is 11.4. The van der Waals surface area contributed by atoms with Crippen molar-refractivity contribution < 1.29 is 9.47 Å². The van der Waals surface area contributed by atoms with Crippen LogP contribution in [0.15, 0.2) is 42.7 Å². The fraction of sp³-hybridized carbons (Fsp3) is 0.312. The van der Waals surface area contributed by atoms with Crippen molar-refractivity contribution in [3.8, 4) is 11.5 Å². The third kappa shape index (κ3) is 3.98. The number of hydrogen-bond acceptors (Lipinski definition) is 3. The second kappa shape index (κ2) is 6.78. The summed E-state index contributed by atoms with van der Waals surface area (Å²) < 4.78 is 10.5. The average Bonchev–Trinajstić information content (AvgIpc) is 2.48. The first-order valence-electron chi connectivity index (χ1n) is 6.42. The Labute approximate surface area is 114 Å². The van der Waals surface area contributed by atoms with Crippen LogP contribution < -0.4 is 9.47 Å². The van der Waals surface area contributed by atoms with Gasteiger partial charge in [-0.2, -0.15) is 0 Å². The molecule has 0 aliphatic rings. The maximum atomic E-state index is 5.27. The molecule has 2 aromatic rings. The Balaban J connectivity index is 1.95. The van der Waals surface area contributed by atoms with E-state index in [-0.39, 0.29) is 0 Å². The largest absolute Gasteiger partial charge is 0.497 e. The van der Waals surface area contributed by atoms with Gasteiger partial charge in [0.05, 0.1) is 14.2 Å². The van der Waals surface area contributed by atoms with Crippen LogP contribution in [0.4, 0.5) is 0 Å². The van der Waals surface area contributed by atoms with Gasteiger partial charge >= 0.3 is 0 Å². The van der Waals surface area contributed by atoms with E-state index in [4.69, 9.17) is 9.47 Å². The van der Waals surface area contributed by atoms with E-state index in [1.54, 1.807) is 20.4 Å². The second-order valence-electron chi connectivity index (χ2n) is 4.44. The molecule has 0 bridgehead atoms. The first-order valence-corrected chi connectivity index (χ1v) is 6.42. The van der Waals surface area contributed by atoms with Crippen LogP contribution in [0, 0.1) is 0 Å². The summed E-state index contributed by atoms with van der Waals surface area (Å²) >= 11 is 0. The number of benzene rings is 1. The molecular weight excluding hydrogens is 238 g/mol. The fourth-order valence-corrected chi connectivity index (χ4v) is 2.05. The van der Waals surface area contributed by atoms with E-state index in [0.717, 1.165) is 30.8 Å². The number of pyridine rings is 1. The lowest BCUT2D eigenvalue weighted by Crippen LogP contribution is -1.94. The molecule has 0 saturated heterocycles. The Morgan fingerprint density at radius 3 is 2.21 bits per heavy atom. The number of hydrogen-bond donors (Lipinski definition) is 0. The summed E-state index contributed by atoms with van der Waals surface area (Å²) in [4.78, 5) is 4.13. The molecule has 1 heterocycles. The molecule has 100 valence electrons. The summed E-state index contributed by atoms with van der Waals surface area (Å²) in [6, 6.07) is 10.1. The second-order valence-corrected chi connectivity index (χ2v) is 4.44. The highest BCUT2D eigenvalue weighted by atomic mass is 16.5. The topological polar surface area (TPSA) is 31.4 Å². The van der Waals surface area contributed by atoms with Crippen LogP contribution in [0.3, 0.4) is 0 Å². The Morgan fingerprint density at radius 1 is 0.947 bits per heavy atom. The lowest BCUT2D eigenvalue weighted by Gasteiger charge is -2.08. The van der Waals surface area contributed by atoms with Crippen molar-refractivity contribution in [1.82, 2.24) is 4.98 Å². The molecule has 3 nitrogen and oxygen atoms in total. The predicted octanol–water partition coefficient (Wildman–Crippen LogP) is 3.27. The van der Waals surface area contributed by atoms with E-state index < -0.39 is 0 Å². The van der Waals surface area contributed by atoms with Gasteiger partial charge in [0.15, 0.2) is 0 Å². The third-order valence-electron chi connectivity index (χ3n) is 3.06. The number of aromatic nitrogens is 1. The molecule has 0 amide bonds. The van der Waals surface area contributed by atoms with Crippen LogP contribution in [0.25, 0.3) is 0 Å². The molecule has 1 aromatic heterocycles. The van der Waals surface area contributed by atoms with E-state index >= 15 is 0 Å². The Kier molecular flexibility index (Phi) is 4.78. The fourth-order valence-electron chi connectivity index (χ4n) is 2.05.